The number of imidazole rings is 2. The van der Waals surface area contributed by atoms with Crippen LogP contribution >= 0.6 is 6.57 Å². The van der Waals surface area contributed by atoms with Crippen molar-refractivity contribution in [3.8, 4) is 11.5 Å². The topological polar surface area (TPSA) is 137 Å². The molecule has 0 spiro atoms. The molecule has 15 heteroatoms. The van der Waals surface area contributed by atoms with Gasteiger partial charge in [0.05, 0.1) is 26.9 Å². The number of nitrogens with one attached hydrogen (secondary N) is 1. The van der Waals surface area contributed by atoms with Gasteiger partial charge in [-0.25, -0.2) is 14.8 Å². The number of nitrogens with zero attached hydrogens (tertiary/aromatic N) is 5. The van der Waals surface area contributed by atoms with Gasteiger partial charge in [0.25, 0.3) is 12.1 Å². The van der Waals surface area contributed by atoms with Gasteiger partial charge in [0.2, 0.25) is 0 Å². The molecule has 3 aromatic heterocycles. The Morgan fingerprint density at radius 2 is 1.42 bits per heavy atom. The predicted octanol–water partition coefficient (Wildman–Crippen LogP) is 5.26. The van der Waals surface area contributed by atoms with E-state index in [1.54, 1.807) is 67.3 Å². The first kappa shape index (κ1) is 35.3. The molecule has 7 rings (SSSR count). The molecular weight excluding hydrogens is 703 g/mol. The Kier molecular flexibility index (Phi) is 10.1. The molecule has 0 unspecified atom stereocenters. The standard InChI is InChI=1S/C37H37N6O7PS/c1-26-22-43(36(45)40-35(26)44)34-21-32(33(49-34)23-48-51(52,41-19-17-38-24-41)42-20-18-39-25-42)50-37(27-7-5-4-6-8-27,28-9-13-30(46-2)14-10-28)29-11-15-31(47-3)16-12-29/h4-20,22,24-25,32-34H,21,23H2,1-3H3,(H,40,44,45)/t32-,33+,34+/m0/s1. The molecule has 1 aliphatic heterocycles. The van der Waals surface area contributed by atoms with Crippen molar-refractivity contribution in [1.82, 2.24) is 28.2 Å². The number of aromatic nitrogens is 6. The molecule has 1 N–H and O–H groups in total. The maximum absolute atomic E-state index is 13.2. The zero-order valence-electron chi connectivity index (χ0n) is 28.6. The summed E-state index contributed by atoms with van der Waals surface area (Å²) in [5.74, 6) is 1.38. The van der Waals surface area contributed by atoms with E-state index in [9.17, 15) is 9.59 Å². The zero-order chi connectivity index (χ0) is 36.3. The fraction of sp³-hybridized carbons (Fsp3) is 0.243. The maximum Gasteiger partial charge on any atom is 0.330 e. The first-order valence-electron chi connectivity index (χ1n) is 16.5. The number of aryl methyl sites for hydroxylation is 1. The Morgan fingerprint density at radius 3 is 1.94 bits per heavy atom. The van der Waals surface area contributed by atoms with Crippen LogP contribution in [0.3, 0.4) is 0 Å². The molecular formula is C37H37N6O7PS. The average molecular weight is 741 g/mol. The second kappa shape index (κ2) is 14.9. The van der Waals surface area contributed by atoms with Crippen LogP contribution in [0.25, 0.3) is 0 Å². The highest BCUT2D eigenvalue weighted by atomic mass is 32.5. The van der Waals surface area contributed by atoms with Crippen molar-refractivity contribution in [1.29, 1.82) is 0 Å². The van der Waals surface area contributed by atoms with E-state index >= 15 is 0 Å². The molecule has 4 heterocycles. The number of methoxy groups -OCH3 is 2. The highest BCUT2D eigenvalue weighted by Crippen LogP contribution is 2.51. The minimum absolute atomic E-state index is 0.0119. The summed E-state index contributed by atoms with van der Waals surface area (Å²) in [5.41, 5.74) is 0.622. The SMILES string of the molecule is COc1ccc(C(O[C@H]2C[C@H](n3cc(C)c(=O)[nH]c3=O)O[C@@H]2COP(=S)(n2ccnc2)n2ccnc2)(c2ccccc2)c2ccc(OC)cc2)cc1. The first-order valence-corrected chi connectivity index (χ1v) is 19.1. The van der Waals surface area contributed by atoms with Crippen LogP contribution < -0.4 is 20.7 Å². The van der Waals surface area contributed by atoms with Crippen molar-refractivity contribution >= 4 is 18.4 Å². The van der Waals surface area contributed by atoms with Crippen LogP contribution in [0, 0.1) is 6.92 Å². The minimum Gasteiger partial charge on any atom is -0.497 e. The van der Waals surface area contributed by atoms with Crippen LogP contribution in [0.4, 0.5) is 0 Å². The monoisotopic (exact) mass is 740 g/mol. The summed E-state index contributed by atoms with van der Waals surface area (Å²) in [4.78, 5) is 36.3. The van der Waals surface area contributed by atoms with Crippen molar-refractivity contribution in [2.45, 2.75) is 37.4 Å². The summed E-state index contributed by atoms with van der Waals surface area (Å²) >= 11 is 6.20. The van der Waals surface area contributed by atoms with Crippen LogP contribution in [0.1, 0.15) is 34.9 Å². The van der Waals surface area contributed by atoms with Crippen LogP contribution in [0.2, 0.25) is 0 Å². The third-order valence-electron chi connectivity index (χ3n) is 9.11. The van der Waals surface area contributed by atoms with Crippen LogP contribution in [0.5, 0.6) is 11.5 Å². The van der Waals surface area contributed by atoms with Crippen LogP contribution in [-0.4, -0.2) is 61.2 Å². The maximum atomic E-state index is 13.2. The first-order chi connectivity index (χ1) is 25.2. The molecule has 6 aromatic rings. The highest BCUT2D eigenvalue weighted by Gasteiger charge is 2.47. The van der Waals surface area contributed by atoms with E-state index in [1.807, 2.05) is 78.9 Å². The van der Waals surface area contributed by atoms with Crippen molar-refractivity contribution < 1.29 is 23.5 Å². The predicted molar refractivity (Wildman–Crippen MR) is 197 cm³/mol. The fourth-order valence-electron chi connectivity index (χ4n) is 6.43. The molecule has 1 saturated heterocycles. The third kappa shape index (κ3) is 6.67. The van der Waals surface area contributed by atoms with Crippen molar-refractivity contribution in [3.63, 3.8) is 0 Å². The number of benzene rings is 3. The van der Waals surface area contributed by atoms with Crippen LogP contribution in [0.15, 0.2) is 132 Å². The summed E-state index contributed by atoms with van der Waals surface area (Å²) in [6.07, 6.45) is 9.53. The Hall–Kier alpha value is -5.11. The number of rotatable bonds is 13. The van der Waals surface area contributed by atoms with Gasteiger partial charge in [-0.1, -0.05) is 54.6 Å². The van der Waals surface area contributed by atoms with Gasteiger partial charge in [0, 0.05) is 43.0 Å². The highest BCUT2D eigenvalue weighted by molar-refractivity contribution is 8.10. The van der Waals surface area contributed by atoms with Gasteiger partial charge < -0.3 is 23.5 Å². The number of H-pyrrole nitrogens is 1. The molecule has 0 saturated carbocycles. The Labute approximate surface area is 304 Å². The van der Waals surface area contributed by atoms with E-state index in [4.69, 9.17) is 35.3 Å². The second-order valence-corrected chi connectivity index (χ2v) is 15.8. The van der Waals surface area contributed by atoms with Gasteiger partial charge in [-0.05, 0) is 59.7 Å². The number of hydrogen-bond donors (Lipinski definition) is 1. The van der Waals surface area contributed by atoms with Gasteiger partial charge in [-0.3, -0.25) is 23.0 Å². The molecule has 0 aliphatic carbocycles. The van der Waals surface area contributed by atoms with Gasteiger partial charge in [0.15, 0.2) is 0 Å². The Balaban J connectivity index is 1.36. The Bertz CT molecular complexity index is 2180. The molecule has 13 nitrogen and oxygen atoms in total. The summed E-state index contributed by atoms with van der Waals surface area (Å²) in [6, 6.07) is 25.4. The lowest BCUT2D eigenvalue weighted by atomic mass is 9.79. The lowest BCUT2D eigenvalue weighted by molar-refractivity contribution is -0.0960. The third-order valence-corrected chi connectivity index (χ3v) is 12.7. The zero-order valence-corrected chi connectivity index (χ0v) is 30.4. The lowest BCUT2D eigenvalue weighted by Gasteiger charge is -2.39. The molecule has 0 bridgehead atoms. The van der Waals surface area contributed by atoms with E-state index in [-0.39, 0.29) is 13.0 Å². The fourth-order valence-corrected chi connectivity index (χ4v) is 8.87. The van der Waals surface area contributed by atoms with Crippen molar-refractivity contribution in [3.05, 3.63) is 166 Å². The van der Waals surface area contributed by atoms with Gasteiger partial charge >= 0.3 is 5.69 Å². The molecule has 268 valence electrons. The van der Waals surface area contributed by atoms with Gasteiger partial charge in [0.1, 0.15) is 42.1 Å². The van der Waals surface area contributed by atoms with Crippen molar-refractivity contribution in [2.24, 2.45) is 0 Å². The molecule has 0 radical (unpaired) electrons. The summed E-state index contributed by atoms with van der Waals surface area (Å²) < 4.78 is 36.8. The summed E-state index contributed by atoms with van der Waals surface area (Å²) in [6.45, 7) is -1.38. The number of hydrogen-bond acceptors (Lipinski definition) is 10. The normalized spacial score (nSPS) is 17.6. The number of aromatic amines is 1. The smallest absolute Gasteiger partial charge is 0.330 e. The van der Waals surface area contributed by atoms with E-state index in [0.29, 0.717) is 17.1 Å². The summed E-state index contributed by atoms with van der Waals surface area (Å²) in [5, 5.41) is 0. The van der Waals surface area contributed by atoms with E-state index in [2.05, 4.69) is 15.0 Å². The molecule has 1 aliphatic rings. The van der Waals surface area contributed by atoms with Gasteiger partial charge in [-0.15, -0.1) is 0 Å². The van der Waals surface area contributed by atoms with Crippen molar-refractivity contribution in [2.75, 3.05) is 20.8 Å². The Morgan fingerprint density at radius 1 is 0.865 bits per heavy atom. The van der Waals surface area contributed by atoms with E-state index < -0.39 is 41.9 Å². The molecule has 52 heavy (non-hydrogen) atoms. The summed E-state index contributed by atoms with van der Waals surface area (Å²) in [7, 11) is 3.24. The number of ether oxygens (including phenoxy) is 4. The molecule has 0 amide bonds. The van der Waals surface area contributed by atoms with E-state index in [0.717, 1.165) is 16.7 Å². The quantitative estimate of drug-likeness (QED) is 0.123. The van der Waals surface area contributed by atoms with Crippen LogP contribution in [-0.2, 0) is 31.4 Å². The second-order valence-electron chi connectivity index (χ2n) is 12.2. The largest absolute Gasteiger partial charge is 0.497 e. The average Bonchev–Trinajstić information content (AvgIpc) is 3.99. The van der Waals surface area contributed by atoms with Gasteiger partial charge in [-0.2, -0.15) is 0 Å². The molecule has 3 atom stereocenters. The van der Waals surface area contributed by atoms with E-state index in [1.165, 1.54) is 10.8 Å². The lowest BCUT2D eigenvalue weighted by Crippen LogP contribution is -2.41. The molecule has 1 fully saturated rings. The minimum atomic E-state index is -3.00. The molecule has 3 aromatic carbocycles.